The van der Waals surface area contributed by atoms with Crippen molar-refractivity contribution in [3.63, 3.8) is 0 Å². The molecular weight excluding hydrogens is 352 g/mol. The van der Waals surface area contributed by atoms with Crippen molar-refractivity contribution in [1.29, 1.82) is 0 Å². The van der Waals surface area contributed by atoms with Crippen molar-refractivity contribution in [2.45, 2.75) is 38.5 Å². The van der Waals surface area contributed by atoms with Gasteiger partial charge in [-0.15, -0.1) is 10.2 Å². The molecule has 2 rings (SSSR count). The summed E-state index contributed by atoms with van der Waals surface area (Å²) in [6, 6.07) is 5.05. The van der Waals surface area contributed by atoms with Gasteiger partial charge < -0.3 is 14.3 Å². The maximum atomic E-state index is 11.6. The standard InChI is InChI=1S/C16H17ClN2O4S/c1-4-14-18-19-16(23-14)24-13(15(20)21)8-10-7-11(17)5-6-12(10)22-9(2)3/h5-9H,4H2,1-3H3,(H,20,21)/b13-8+. The third kappa shape index (κ3) is 5.01. The minimum atomic E-state index is -1.10. The smallest absolute Gasteiger partial charge is 0.342 e. The number of hydrogen-bond acceptors (Lipinski definition) is 6. The molecule has 0 spiro atoms. The van der Waals surface area contributed by atoms with Gasteiger partial charge >= 0.3 is 5.97 Å². The van der Waals surface area contributed by atoms with E-state index in [2.05, 4.69) is 10.2 Å². The van der Waals surface area contributed by atoms with Crippen molar-refractivity contribution in [2.24, 2.45) is 0 Å². The number of aromatic nitrogens is 2. The highest BCUT2D eigenvalue weighted by Crippen LogP contribution is 2.32. The molecule has 0 aliphatic carbocycles. The lowest BCUT2D eigenvalue weighted by Crippen LogP contribution is -2.07. The first-order valence-corrected chi connectivity index (χ1v) is 8.50. The molecule has 0 atom stereocenters. The van der Waals surface area contributed by atoms with Gasteiger partial charge in [-0.1, -0.05) is 18.5 Å². The van der Waals surface area contributed by atoms with Gasteiger partial charge in [0.1, 0.15) is 10.7 Å². The van der Waals surface area contributed by atoms with Gasteiger partial charge in [0, 0.05) is 17.0 Å². The Morgan fingerprint density at radius 3 is 2.79 bits per heavy atom. The second-order valence-corrected chi connectivity index (χ2v) is 6.51. The van der Waals surface area contributed by atoms with E-state index in [0.717, 1.165) is 11.8 Å². The Labute approximate surface area is 148 Å². The van der Waals surface area contributed by atoms with Gasteiger partial charge in [-0.05, 0) is 49.9 Å². The van der Waals surface area contributed by atoms with Crippen LogP contribution in [0.2, 0.25) is 5.02 Å². The predicted molar refractivity (Wildman–Crippen MR) is 92.4 cm³/mol. The van der Waals surface area contributed by atoms with Gasteiger partial charge in [0.25, 0.3) is 5.22 Å². The Kier molecular flexibility index (Phi) is 6.28. The summed E-state index contributed by atoms with van der Waals surface area (Å²) in [5.41, 5.74) is 0.566. The van der Waals surface area contributed by atoms with Gasteiger partial charge in [-0.25, -0.2) is 4.79 Å². The second kappa shape index (κ2) is 8.21. The molecule has 0 bridgehead atoms. The highest BCUT2D eigenvalue weighted by Gasteiger charge is 2.16. The number of carbonyl (C=O) groups is 1. The van der Waals surface area contributed by atoms with Crippen molar-refractivity contribution >= 4 is 35.4 Å². The first kappa shape index (κ1) is 18.4. The largest absolute Gasteiger partial charge is 0.490 e. The van der Waals surface area contributed by atoms with Crippen molar-refractivity contribution < 1.29 is 19.1 Å². The van der Waals surface area contributed by atoms with E-state index in [1.165, 1.54) is 6.08 Å². The maximum Gasteiger partial charge on any atom is 0.342 e. The zero-order valence-electron chi connectivity index (χ0n) is 13.4. The molecule has 1 aromatic carbocycles. The van der Waals surface area contributed by atoms with Crippen LogP contribution in [0.1, 0.15) is 32.2 Å². The van der Waals surface area contributed by atoms with Crippen LogP contribution in [-0.2, 0) is 11.2 Å². The number of carboxylic acids is 1. The lowest BCUT2D eigenvalue weighted by Gasteiger charge is -2.13. The van der Waals surface area contributed by atoms with Gasteiger partial charge in [0.2, 0.25) is 5.89 Å². The molecule has 0 aliphatic rings. The van der Waals surface area contributed by atoms with E-state index < -0.39 is 5.97 Å². The molecule has 0 radical (unpaired) electrons. The van der Waals surface area contributed by atoms with Crippen LogP contribution in [0.15, 0.2) is 32.7 Å². The van der Waals surface area contributed by atoms with Gasteiger partial charge in [-0.2, -0.15) is 0 Å². The van der Waals surface area contributed by atoms with Gasteiger partial charge in [0.15, 0.2) is 0 Å². The van der Waals surface area contributed by atoms with E-state index in [-0.39, 0.29) is 16.2 Å². The molecule has 0 aliphatic heterocycles. The van der Waals surface area contributed by atoms with Crippen LogP contribution in [0.5, 0.6) is 5.75 Å². The number of carboxylic acid groups (broad SMARTS) is 1. The minimum Gasteiger partial charge on any atom is -0.490 e. The lowest BCUT2D eigenvalue weighted by atomic mass is 10.2. The highest BCUT2D eigenvalue weighted by atomic mass is 35.5. The molecule has 2 aromatic rings. The molecule has 1 N–H and O–H groups in total. The molecule has 0 saturated heterocycles. The third-order valence-electron chi connectivity index (χ3n) is 2.78. The summed E-state index contributed by atoms with van der Waals surface area (Å²) < 4.78 is 11.0. The number of aliphatic carboxylic acids is 1. The molecule has 0 unspecified atom stereocenters. The van der Waals surface area contributed by atoms with Crippen molar-refractivity contribution in [3.05, 3.63) is 39.6 Å². The molecule has 0 amide bonds. The SMILES string of the molecule is CCc1nnc(S/C(=C/c2cc(Cl)ccc2OC(C)C)C(=O)O)o1. The average Bonchev–Trinajstić information content (AvgIpc) is 2.96. The van der Waals surface area contributed by atoms with E-state index in [1.54, 1.807) is 18.2 Å². The Morgan fingerprint density at radius 2 is 2.21 bits per heavy atom. The molecule has 6 nitrogen and oxygen atoms in total. The summed E-state index contributed by atoms with van der Waals surface area (Å²) in [6.07, 6.45) is 2.01. The summed E-state index contributed by atoms with van der Waals surface area (Å²) in [5.74, 6) is -0.103. The first-order valence-electron chi connectivity index (χ1n) is 7.30. The fourth-order valence-electron chi connectivity index (χ4n) is 1.79. The molecule has 24 heavy (non-hydrogen) atoms. The molecule has 1 heterocycles. The number of ether oxygens (including phenoxy) is 1. The minimum absolute atomic E-state index is 0.0252. The summed E-state index contributed by atoms with van der Waals surface area (Å²) in [6.45, 7) is 5.65. The summed E-state index contributed by atoms with van der Waals surface area (Å²) in [5, 5.41) is 17.8. The number of hydrogen-bond donors (Lipinski definition) is 1. The van der Waals surface area contributed by atoms with Gasteiger partial charge in [-0.3, -0.25) is 0 Å². The lowest BCUT2D eigenvalue weighted by molar-refractivity contribution is -0.131. The Balaban J connectivity index is 2.36. The fourth-order valence-corrected chi connectivity index (χ4v) is 2.65. The van der Waals surface area contributed by atoms with Crippen LogP contribution < -0.4 is 4.74 Å². The van der Waals surface area contributed by atoms with Crippen LogP contribution in [0.4, 0.5) is 0 Å². The topological polar surface area (TPSA) is 85.5 Å². The predicted octanol–water partition coefficient (Wildman–Crippen LogP) is 4.29. The molecule has 0 fully saturated rings. The van der Waals surface area contributed by atoms with Crippen LogP contribution in [0, 0.1) is 0 Å². The quantitative estimate of drug-likeness (QED) is 0.576. The third-order valence-corrected chi connectivity index (χ3v) is 3.87. The fraction of sp³-hybridized carbons (Fsp3) is 0.312. The normalized spacial score (nSPS) is 11.8. The van der Waals surface area contributed by atoms with E-state index in [4.69, 9.17) is 20.8 Å². The molecule has 0 saturated carbocycles. The summed E-state index contributed by atoms with van der Waals surface area (Å²) in [7, 11) is 0. The number of halogens is 1. The van der Waals surface area contributed by atoms with E-state index in [9.17, 15) is 9.90 Å². The zero-order chi connectivity index (χ0) is 17.7. The van der Waals surface area contributed by atoms with Crippen LogP contribution >= 0.6 is 23.4 Å². The average molecular weight is 369 g/mol. The number of rotatable bonds is 7. The Hall–Kier alpha value is -1.99. The summed E-state index contributed by atoms with van der Waals surface area (Å²) >= 11 is 6.90. The maximum absolute atomic E-state index is 11.6. The number of aryl methyl sites for hydroxylation is 1. The second-order valence-electron chi connectivity index (χ2n) is 5.08. The van der Waals surface area contributed by atoms with Crippen molar-refractivity contribution in [2.75, 3.05) is 0 Å². The summed E-state index contributed by atoms with van der Waals surface area (Å²) in [4.78, 5) is 11.6. The van der Waals surface area contributed by atoms with Crippen LogP contribution in [0.3, 0.4) is 0 Å². The highest BCUT2D eigenvalue weighted by molar-refractivity contribution is 8.03. The molecule has 8 heteroatoms. The number of benzene rings is 1. The van der Waals surface area contributed by atoms with E-state index in [1.807, 2.05) is 20.8 Å². The molecule has 128 valence electrons. The van der Waals surface area contributed by atoms with Crippen molar-refractivity contribution in [1.82, 2.24) is 10.2 Å². The van der Waals surface area contributed by atoms with Crippen LogP contribution in [-0.4, -0.2) is 27.4 Å². The molecule has 1 aromatic heterocycles. The van der Waals surface area contributed by atoms with Crippen molar-refractivity contribution in [3.8, 4) is 5.75 Å². The Morgan fingerprint density at radius 1 is 1.46 bits per heavy atom. The van der Waals surface area contributed by atoms with Crippen LogP contribution in [0.25, 0.3) is 6.08 Å². The Bertz CT molecular complexity index is 758. The van der Waals surface area contributed by atoms with E-state index >= 15 is 0 Å². The van der Waals surface area contributed by atoms with E-state index in [0.29, 0.717) is 28.6 Å². The van der Waals surface area contributed by atoms with Gasteiger partial charge in [0.05, 0.1) is 6.10 Å². The number of nitrogens with zero attached hydrogens (tertiary/aromatic N) is 2. The number of thioether (sulfide) groups is 1. The first-order chi connectivity index (χ1) is 11.4. The zero-order valence-corrected chi connectivity index (χ0v) is 15.0. The monoisotopic (exact) mass is 368 g/mol. The molecular formula is C16H17ClN2O4S.